The van der Waals surface area contributed by atoms with Crippen LogP contribution in [0.1, 0.15) is 5.56 Å². The van der Waals surface area contributed by atoms with E-state index in [1.54, 1.807) is 6.07 Å². The van der Waals surface area contributed by atoms with Gasteiger partial charge in [-0.1, -0.05) is 45.2 Å². The molecule has 0 saturated heterocycles. The lowest BCUT2D eigenvalue weighted by Crippen LogP contribution is -1.81. The van der Waals surface area contributed by atoms with Crippen LogP contribution in [0.4, 0.5) is 0 Å². The number of hydrogen-bond acceptors (Lipinski definition) is 0. The van der Waals surface area contributed by atoms with Gasteiger partial charge in [0.2, 0.25) is 0 Å². The fraction of sp³-hybridized carbons (Fsp3) is 0.125. The van der Waals surface area contributed by atoms with Crippen molar-refractivity contribution in [2.75, 3.05) is 5.33 Å². The molecule has 0 amide bonds. The first kappa shape index (κ1) is 9.37. The Morgan fingerprint density at radius 3 is 2.55 bits per heavy atom. The Labute approximate surface area is 84.6 Å². The molecule has 1 aromatic carbocycles. The third-order valence-corrected chi connectivity index (χ3v) is 2.32. The minimum atomic E-state index is 0.596. The molecule has 0 heterocycles. The zero-order valence-corrected chi connectivity index (χ0v) is 8.75. The van der Waals surface area contributed by atoms with Crippen molar-refractivity contribution in [1.29, 1.82) is 0 Å². The predicted octanol–water partition coefficient (Wildman–Crippen LogP) is 3.94. The van der Waals surface area contributed by atoms with Crippen LogP contribution in [0, 0.1) is 6.42 Å². The average Bonchev–Trinajstić information content (AvgIpc) is 1.98. The Morgan fingerprint density at radius 2 is 2.00 bits per heavy atom. The van der Waals surface area contributed by atoms with Crippen LogP contribution in [0.3, 0.4) is 0 Å². The smallest absolute Gasteiger partial charge is 0.0595 e. The number of rotatable bonds is 2. The molecule has 3 heteroatoms. The van der Waals surface area contributed by atoms with Gasteiger partial charge in [-0.25, -0.2) is 0 Å². The predicted molar refractivity (Wildman–Crippen MR) is 53.7 cm³/mol. The molecule has 0 N–H and O–H groups in total. The van der Waals surface area contributed by atoms with Gasteiger partial charge in [0.25, 0.3) is 0 Å². The normalized spacial score (nSPS) is 10.1. The van der Waals surface area contributed by atoms with E-state index in [0.29, 0.717) is 10.0 Å². The van der Waals surface area contributed by atoms with Crippen LogP contribution in [0.15, 0.2) is 18.2 Å². The summed E-state index contributed by atoms with van der Waals surface area (Å²) < 4.78 is 0. The summed E-state index contributed by atoms with van der Waals surface area (Å²) in [6, 6.07) is 5.55. The second-order valence-electron chi connectivity index (χ2n) is 2.03. The van der Waals surface area contributed by atoms with Gasteiger partial charge in [-0.15, -0.1) is 0 Å². The van der Waals surface area contributed by atoms with Crippen molar-refractivity contribution in [3.8, 4) is 0 Å². The molecule has 0 spiro atoms. The summed E-state index contributed by atoms with van der Waals surface area (Å²) in [5.74, 6) is 0. The molecule has 0 bridgehead atoms. The van der Waals surface area contributed by atoms with E-state index in [9.17, 15) is 0 Å². The molecule has 11 heavy (non-hydrogen) atoms. The molecule has 0 aromatic heterocycles. The quantitative estimate of drug-likeness (QED) is 0.700. The van der Waals surface area contributed by atoms with E-state index in [1.165, 1.54) is 0 Å². The Balaban J connectivity index is 2.86. The second kappa shape index (κ2) is 4.34. The molecule has 1 aromatic rings. The van der Waals surface area contributed by atoms with E-state index in [1.807, 2.05) is 18.6 Å². The minimum absolute atomic E-state index is 0.596. The minimum Gasteiger partial charge on any atom is -0.0921 e. The van der Waals surface area contributed by atoms with Crippen molar-refractivity contribution >= 4 is 39.1 Å². The summed E-state index contributed by atoms with van der Waals surface area (Å²) >= 11 is 14.8. The lowest BCUT2D eigenvalue weighted by atomic mass is 10.2. The molecule has 1 rings (SSSR count). The highest BCUT2D eigenvalue weighted by Crippen LogP contribution is 2.23. The molecule has 0 atom stereocenters. The number of benzene rings is 1. The van der Waals surface area contributed by atoms with Crippen LogP contribution in [-0.4, -0.2) is 5.33 Å². The molecule has 0 aliphatic rings. The average molecular weight is 253 g/mol. The van der Waals surface area contributed by atoms with Gasteiger partial charge >= 0.3 is 0 Å². The van der Waals surface area contributed by atoms with Gasteiger partial charge in [-0.2, -0.15) is 0 Å². The maximum Gasteiger partial charge on any atom is 0.0595 e. The molecule has 0 nitrogen and oxygen atoms in total. The molecule has 59 valence electrons. The Hall–Kier alpha value is 0.280. The lowest BCUT2D eigenvalue weighted by Gasteiger charge is -1.99. The van der Waals surface area contributed by atoms with Crippen LogP contribution in [0.2, 0.25) is 10.0 Å². The summed E-state index contributed by atoms with van der Waals surface area (Å²) in [5, 5.41) is 2.02. The van der Waals surface area contributed by atoms with E-state index in [4.69, 9.17) is 23.2 Å². The van der Waals surface area contributed by atoms with Crippen LogP contribution in [0.5, 0.6) is 0 Å². The van der Waals surface area contributed by atoms with E-state index >= 15 is 0 Å². The molecule has 0 fully saturated rings. The third kappa shape index (κ3) is 2.66. The number of halogens is 3. The van der Waals surface area contributed by atoms with Crippen LogP contribution in [-0.2, 0) is 0 Å². The molecule has 1 radical (unpaired) electrons. The molecule has 0 aliphatic heterocycles. The number of alkyl halides is 1. The first-order valence-electron chi connectivity index (χ1n) is 3.08. The topological polar surface area (TPSA) is 0 Å². The summed E-state index contributed by atoms with van der Waals surface area (Å²) in [6.07, 6.45) is 2.02. The van der Waals surface area contributed by atoms with Gasteiger partial charge in [-0.3, -0.25) is 0 Å². The Bertz CT molecular complexity index is 248. The van der Waals surface area contributed by atoms with E-state index in [2.05, 4.69) is 15.9 Å². The van der Waals surface area contributed by atoms with Gasteiger partial charge in [0.15, 0.2) is 0 Å². The molecule has 0 aliphatic carbocycles. The van der Waals surface area contributed by atoms with Crippen molar-refractivity contribution in [3.63, 3.8) is 0 Å². The molecular formula is C8H6BrCl2. The Kier molecular flexibility index (Phi) is 3.70. The van der Waals surface area contributed by atoms with Crippen LogP contribution in [0.25, 0.3) is 0 Å². The van der Waals surface area contributed by atoms with Crippen molar-refractivity contribution < 1.29 is 0 Å². The van der Waals surface area contributed by atoms with Gasteiger partial charge in [-0.05, 0) is 17.7 Å². The Morgan fingerprint density at radius 1 is 1.27 bits per heavy atom. The fourth-order valence-electron chi connectivity index (χ4n) is 0.728. The van der Waals surface area contributed by atoms with Gasteiger partial charge in [0.05, 0.1) is 10.0 Å². The maximum atomic E-state index is 5.78. The standard InChI is InChI=1S/C8H6BrCl2/c9-4-3-6-1-2-7(10)8(11)5-6/h1-3,5H,4H2. The van der Waals surface area contributed by atoms with Gasteiger partial charge in [0.1, 0.15) is 0 Å². The van der Waals surface area contributed by atoms with Crippen molar-refractivity contribution in [3.05, 3.63) is 40.2 Å². The van der Waals surface area contributed by atoms with Gasteiger partial charge < -0.3 is 0 Å². The van der Waals surface area contributed by atoms with E-state index in [0.717, 1.165) is 10.9 Å². The molecule has 0 saturated carbocycles. The third-order valence-electron chi connectivity index (χ3n) is 1.26. The van der Waals surface area contributed by atoms with Crippen LogP contribution >= 0.6 is 39.1 Å². The summed E-state index contributed by atoms with van der Waals surface area (Å²) in [6.45, 7) is 0. The van der Waals surface area contributed by atoms with Gasteiger partial charge in [0, 0.05) is 11.8 Å². The van der Waals surface area contributed by atoms with Crippen molar-refractivity contribution in [2.45, 2.75) is 0 Å². The highest BCUT2D eigenvalue weighted by Gasteiger charge is 1.97. The highest BCUT2D eigenvalue weighted by atomic mass is 79.9. The highest BCUT2D eigenvalue weighted by molar-refractivity contribution is 9.09. The molecular weight excluding hydrogens is 247 g/mol. The second-order valence-corrected chi connectivity index (χ2v) is 3.49. The van der Waals surface area contributed by atoms with Crippen molar-refractivity contribution in [1.82, 2.24) is 0 Å². The monoisotopic (exact) mass is 251 g/mol. The maximum absolute atomic E-state index is 5.78. The molecule has 0 unspecified atom stereocenters. The van der Waals surface area contributed by atoms with E-state index in [-0.39, 0.29) is 0 Å². The lowest BCUT2D eigenvalue weighted by molar-refractivity contribution is 1.45. The summed E-state index contributed by atoms with van der Waals surface area (Å²) in [5.41, 5.74) is 1.08. The summed E-state index contributed by atoms with van der Waals surface area (Å²) in [4.78, 5) is 0. The van der Waals surface area contributed by atoms with Crippen LogP contribution < -0.4 is 0 Å². The largest absolute Gasteiger partial charge is 0.0921 e. The SMILES string of the molecule is Clc1ccc([CH]CBr)cc1Cl. The van der Waals surface area contributed by atoms with E-state index < -0.39 is 0 Å². The fourth-order valence-corrected chi connectivity index (χ4v) is 1.41. The zero-order chi connectivity index (χ0) is 8.27. The first-order chi connectivity index (χ1) is 5.24. The zero-order valence-electron chi connectivity index (χ0n) is 5.65. The summed E-state index contributed by atoms with van der Waals surface area (Å²) in [7, 11) is 0. The van der Waals surface area contributed by atoms with Crippen molar-refractivity contribution in [2.24, 2.45) is 0 Å². The first-order valence-corrected chi connectivity index (χ1v) is 4.96. The number of hydrogen-bond donors (Lipinski definition) is 0.